The van der Waals surface area contributed by atoms with E-state index in [1.54, 1.807) is 23.1 Å². The van der Waals surface area contributed by atoms with Gasteiger partial charge in [-0.25, -0.2) is 14.6 Å². The molecule has 1 aliphatic rings. The van der Waals surface area contributed by atoms with Crippen molar-refractivity contribution in [3.05, 3.63) is 40.2 Å². The van der Waals surface area contributed by atoms with E-state index in [1.807, 2.05) is 5.38 Å². The molecule has 0 saturated carbocycles. The summed E-state index contributed by atoms with van der Waals surface area (Å²) in [7, 11) is 1.49. The highest BCUT2D eigenvalue weighted by molar-refractivity contribution is 9.10. The molecule has 3 aromatic heterocycles. The van der Waals surface area contributed by atoms with Crippen molar-refractivity contribution in [2.45, 2.75) is 48.5 Å². The van der Waals surface area contributed by atoms with Gasteiger partial charge in [-0.1, -0.05) is 17.0 Å². The number of carbonyl (C=O) groups is 2. The maximum Gasteiger partial charge on any atom is 0.303 e. The number of methoxy groups -OCH3 is 1. The maximum atomic E-state index is 12.1. The fourth-order valence-corrected chi connectivity index (χ4v) is 6.13. The molecule has 1 aliphatic heterocycles. The second kappa shape index (κ2) is 12.1. The molecule has 194 valence electrons. The van der Waals surface area contributed by atoms with Gasteiger partial charge in [0.25, 0.3) is 0 Å². The first-order valence-electron chi connectivity index (χ1n) is 10.8. The molecule has 5 atom stereocenters. The highest BCUT2D eigenvalue weighted by atomic mass is 79.9. The predicted octanol–water partition coefficient (Wildman–Crippen LogP) is 3.00. The number of hydrogen-bond acceptors (Lipinski definition) is 13. The SMILES string of the molecule is COC1C(Sc2cc(Br)cnc2C#N)OC(COC(C)=O)C(OC(C)=O)C1n1cc(-c2nccs2)nn1. The van der Waals surface area contributed by atoms with Crippen LogP contribution in [-0.4, -0.2) is 74.4 Å². The van der Waals surface area contributed by atoms with E-state index in [-0.39, 0.29) is 12.3 Å². The lowest BCUT2D eigenvalue weighted by Gasteiger charge is -2.44. The van der Waals surface area contributed by atoms with Gasteiger partial charge in [-0.05, 0) is 22.0 Å². The van der Waals surface area contributed by atoms with Gasteiger partial charge in [-0.15, -0.1) is 16.4 Å². The molecule has 4 heterocycles. The van der Waals surface area contributed by atoms with Gasteiger partial charge in [-0.2, -0.15) is 5.26 Å². The topological polar surface area (TPSA) is 151 Å². The number of rotatable bonds is 8. The summed E-state index contributed by atoms with van der Waals surface area (Å²) in [5, 5.41) is 20.6. The first kappa shape index (κ1) is 27.1. The minimum absolute atomic E-state index is 0.187. The molecule has 37 heavy (non-hydrogen) atoms. The number of esters is 2. The number of nitrogens with zero attached hydrogens (tertiary/aromatic N) is 6. The van der Waals surface area contributed by atoms with E-state index < -0.39 is 41.7 Å². The first-order valence-corrected chi connectivity index (χ1v) is 13.4. The van der Waals surface area contributed by atoms with Crippen LogP contribution in [0.1, 0.15) is 25.6 Å². The molecule has 0 aromatic carbocycles. The lowest BCUT2D eigenvalue weighted by molar-refractivity contribution is -0.208. The van der Waals surface area contributed by atoms with Crippen LogP contribution < -0.4 is 0 Å². The van der Waals surface area contributed by atoms with Crippen LogP contribution in [0.25, 0.3) is 10.7 Å². The third-order valence-electron chi connectivity index (χ3n) is 5.28. The largest absolute Gasteiger partial charge is 0.463 e. The highest BCUT2D eigenvalue weighted by Gasteiger charge is 2.50. The van der Waals surface area contributed by atoms with Crippen molar-refractivity contribution >= 4 is 51.0 Å². The quantitative estimate of drug-likeness (QED) is 0.345. The monoisotopic (exact) mass is 608 g/mol. The molecule has 0 N–H and O–H groups in total. The zero-order valence-corrected chi connectivity index (χ0v) is 23.0. The number of aromatic nitrogens is 5. The van der Waals surface area contributed by atoms with Gasteiger partial charge in [0.1, 0.15) is 47.1 Å². The number of nitriles is 1. The molecule has 5 unspecified atom stereocenters. The van der Waals surface area contributed by atoms with E-state index in [4.69, 9.17) is 18.9 Å². The minimum Gasteiger partial charge on any atom is -0.463 e. The fraction of sp³-hybridized carbons (Fsp3) is 0.409. The Balaban J connectivity index is 1.76. The molecular weight excluding hydrogens is 588 g/mol. The first-order chi connectivity index (χ1) is 17.8. The van der Waals surface area contributed by atoms with E-state index in [9.17, 15) is 14.9 Å². The molecule has 0 amide bonds. The lowest BCUT2D eigenvalue weighted by atomic mass is 9.96. The third kappa shape index (κ3) is 6.33. The Morgan fingerprint density at radius 1 is 1.30 bits per heavy atom. The van der Waals surface area contributed by atoms with Gasteiger partial charge >= 0.3 is 11.9 Å². The van der Waals surface area contributed by atoms with E-state index in [1.165, 1.54) is 50.3 Å². The number of halogens is 1. The zero-order valence-electron chi connectivity index (χ0n) is 19.8. The molecule has 1 fully saturated rings. The number of pyridine rings is 1. The van der Waals surface area contributed by atoms with Crippen LogP contribution in [0.3, 0.4) is 0 Å². The van der Waals surface area contributed by atoms with Crippen LogP contribution in [0.4, 0.5) is 0 Å². The summed E-state index contributed by atoms with van der Waals surface area (Å²) in [6.45, 7) is 2.36. The standard InChI is InChI=1S/C22H21BrN6O6S2/c1-11(30)33-10-16-19(34-12(2)31)18(29-9-15(27-28-29)21-25-4-5-36-21)20(32-3)22(35-16)37-17-6-13(23)8-26-14(17)7-24/h4-6,8-9,16,18-20,22H,10H2,1-3H3. The van der Waals surface area contributed by atoms with Crippen molar-refractivity contribution in [2.24, 2.45) is 0 Å². The summed E-state index contributed by atoms with van der Waals surface area (Å²) in [5.74, 6) is -1.08. The third-order valence-corrected chi connectivity index (χ3v) is 7.68. The van der Waals surface area contributed by atoms with E-state index in [0.29, 0.717) is 20.1 Å². The van der Waals surface area contributed by atoms with Gasteiger partial charge in [-0.3, -0.25) is 9.59 Å². The summed E-state index contributed by atoms with van der Waals surface area (Å²) >= 11 is 5.99. The van der Waals surface area contributed by atoms with Crippen LogP contribution in [0, 0.1) is 11.3 Å². The molecule has 0 aliphatic carbocycles. The number of thiazole rings is 1. The molecule has 15 heteroatoms. The summed E-state index contributed by atoms with van der Waals surface area (Å²) in [4.78, 5) is 32.7. The Morgan fingerprint density at radius 2 is 2.11 bits per heavy atom. The summed E-state index contributed by atoms with van der Waals surface area (Å²) in [5.41, 5.74) is -0.00615. The van der Waals surface area contributed by atoms with Crippen LogP contribution in [-0.2, 0) is 28.5 Å². The Hall–Kier alpha value is -2.90. The average molecular weight is 609 g/mol. The van der Waals surface area contributed by atoms with Gasteiger partial charge in [0.2, 0.25) is 0 Å². The summed E-state index contributed by atoms with van der Waals surface area (Å²) in [6, 6.07) is 3.09. The number of thioether (sulfide) groups is 1. The van der Waals surface area contributed by atoms with Gasteiger partial charge in [0.15, 0.2) is 11.8 Å². The Kier molecular flexibility index (Phi) is 8.87. The maximum absolute atomic E-state index is 12.1. The molecule has 0 radical (unpaired) electrons. The minimum atomic E-state index is -0.944. The van der Waals surface area contributed by atoms with Crippen molar-refractivity contribution in [2.75, 3.05) is 13.7 Å². The molecule has 12 nitrogen and oxygen atoms in total. The zero-order chi connectivity index (χ0) is 26.5. The van der Waals surface area contributed by atoms with E-state index in [2.05, 4.69) is 42.3 Å². The second-order valence-corrected chi connectivity index (χ2v) is 10.7. The van der Waals surface area contributed by atoms with Crippen LogP contribution in [0.5, 0.6) is 0 Å². The Bertz CT molecular complexity index is 1300. The highest BCUT2D eigenvalue weighted by Crippen LogP contribution is 2.42. The van der Waals surface area contributed by atoms with E-state index in [0.717, 1.165) is 0 Å². The van der Waals surface area contributed by atoms with E-state index >= 15 is 0 Å². The van der Waals surface area contributed by atoms with Crippen LogP contribution >= 0.6 is 39.0 Å². The molecular formula is C22H21BrN6O6S2. The van der Waals surface area contributed by atoms with Crippen LogP contribution in [0.15, 0.2) is 39.4 Å². The summed E-state index contributed by atoms with van der Waals surface area (Å²) in [6.07, 6.45) is 2.31. The molecule has 0 spiro atoms. The van der Waals surface area contributed by atoms with Crippen molar-refractivity contribution < 1.29 is 28.5 Å². The Labute approximate surface area is 228 Å². The number of hydrogen-bond donors (Lipinski definition) is 0. The second-order valence-electron chi connectivity index (χ2n) is 7.76. The van der Waals surface area contributed by atoms with Crippen molar-refractivity contribution in [1.82, 2.24) is 25.0 Å². The average Bonchev–Trinajstić information content (AvgIpc) is 3.55. The van der Waals surface area contributed by atoms with Gasteiger partial charge < -0.3 is 18.9 Å². The fourth-order valence-electron chi connectivity index (χ4n) is 3.80. The summed E-state index contributed by atoms with van der Waals surface area (Å²) < 4.78 is 25.3. The van der Waals surface area contributed by atoms with Gasteiger partial charge in [0.05, 0.1) is 6.20 Å². The van der Waals surface area contributed by atoms with Crippen molar-refractivity contribution in [3.63, 3.8) is 0 Å². The number of ether oxygens (including phenoxy) is 4. The van der Waals surface area contributed by atoms with Crippen LogP contribution in [0.2, 0.25) is 0 Å². The molecule has 0 bridgehead atoms. The van der Waals surface area contributed by atoms with Crippen molar-refractivity contribution in [1.29, 1.82) is 5.26 Å². The molecule has 4 rings (SSSR count). The number of carbonyl (C=O) groups excluding carboxylic acids is 2. The Morgan fingerprint density at radius 3 is 2.76 bits per heavy atom. The van der Waals surface area contributed by atoms with Gasteiger partial charge in [0, 0.05) is 48.1 Å². The lowest BCUT2D eigenvalue weighted by Crippen LogP contribution is -2.57. The van der Waals surface area contributed by atoms with Crippen molar-refractivity contribution in [3.8, 4) is 16.8 Å². The molecule has 3 aromatic rings. The molecule has 1 saturated heterocycles. The normalized spacial score (nSPS) is 23.3. The smallest absolute Gasteiger partial charge is 0.303 e. The predicted molar refractivity (Wildman–Crippen MR) is 134 cm³/mol.